The summed E-state index contributed by atoms with van der Waals surface area (Å²) in [6.45, 7) is 0. The van der Waals surface area contributed by atoms with Crippen molar-refractivity contribution in [1.29, 1.82) is 5.26 Å². The molecular formula is C19H13N3OS3. The maximum absolute atomic E-state index is 12.7. The van der Waals surface area contributed by atoms with Gasteiger partial charge in [0.1, 0.15) is 16.7 Å². The zero-order chi connectivity index (χ0) is 18.1. The third-order valence-corrected chi connectivity index (χ3v) is 7.36. The molecular weight excluding hydrogens is 382 g/mol. The molecule has 1 aliphatic rings. The van der Waals surface area contributed by atoms with Gasteiger partial charge in [-0.1, -0.05) is 47.8 Å². The fraction of sp³-hybridized carbons (Fsp3) is 0.105. The topological polar surface area (TPSA) is 57.0 Å². The van der Waals surface area contributed by atoms with Gasteiger partial charge in [-0.3, -0.25) is 4.79 Å². The summed E-state index contributed by atoms with van der Waals surface area (Å²) < 4.78 is 1.94. The normalized spacial score (nSPS) is 15.0. The van der Waals surface area contributed by atoms with Crippen LogP contribution in [0.4, 0.5) is 5.69 Å². The van der Waals surface area contributed by atoms with Crippen LogP contribution in [0.5, 0.6) is 0 Å². The second kappa shape index (κ2) is 7.16. The zero-order valence-electron chi connectivity index (χ0n) is 13.8. The number of Topliss-reactive ketones (excluding diaryl/α,β-unsaturated/α-hetero) is 1. The quantitative estimate of drug-likeness (QED) is 0.354. The lowest BCUT2D eigenvalue weighted by molar-refractivity contribution is -0.112. The van der Waals surface area contributed by atoms with Crippen LogP contribution >= 0.6 is 34.9 Å². The minimum absolute atomic E-state index is 0.168. The Balaban J connectivity index is 1.54. The highest BCUT2D eigenvalue weighted by Crippen LogP contribution is 2.46. The van der Waals surface area contributed by atoms with E-state index in [0.717, 1.165) is 25.1 Å². The molecule has 1 aliphatic heterocycles. The number of carbonyl (C=O) groups is 1. The molecule has 0 aliphatic carbocycles. The molecule has 0 bridgehead atoms. The summed E-state index contributed by atoms with van der Waals surface area (Å²) in [5.74, 6) is 0.0376. The van der Waals surface area contributed by atoms with E-state index in [-0.39, 0.29) is 17.1 Å². The molecule has 0 saturated carbocycles. The number of aromatic nitrogens is 1. The minimum atomic E-state index is -0.168. The highest BCUT2D eigenvalue weighted by atomic mass is 32.2. The highest BCUT2D eigenvalue weighted by molar-refractivity contribution is 8.04. The Labute approximate surface area is 163 Å². The van der Waals surface area contributed by atoms with Crippen molar-refractivity contribution in [3.05, 3.63) is 59.1 Å². The summed E-state index contributed by atoms with van der Waals surface area (Å²) in [4.78, 5) is 20.2. The molecule has 0 amide bonds. The fourth-order valence-corrected chi connectivity index (χ4v) is 5.76. The van der Waals surface area contributed by atoms with E-state index >= 15 is 0 Å². The van der Waals surface area contributed by atoms with Gasteiger partial charge in [-0.15, -0.1) is 11.3 Å². The van der Waals surface area contributed by atoms with Gasteiger partial charge in [0.25, 0.3) is 0 Å². The third-order valence-electron chi connectivity index (χ3n) is 3.94. The first-order valence-electron chi connectivity index (χ1n) is 7.84. The Bertz CT molecular complexity index is 1050. The molecule has 0 saturated heterocycles. The van der Waals surface area contributed by atoms with Crippen molar-refractivity contribution < 1.29 is 4.79 Å². The van der Waals surface area contributed by atoms with Crippen molar-refractivity contribution >= 4 is 56.5 Å². The molecule has 3 aromatic rings. The Morgan fingerprint density at radius 3 is 2.77 bits per heavy atom. The Hall–Kier alpha value is -2.27. The van der Waals surface area contributed by atoms with Crippen LogP contribution < -0.4 is 4.90 Å². The maximum Gasteiger partial charge on any atom is 0.186 e. The van der Waals surface area contributed by atoms with E-state index in [9.17, 15) is 10.1 Å². The molecule has 26 heavy (non-hydrogen) atoms. The smallest absolute Gasteiger partial charge is 0.186 e. The molecule has 2 heterocycles. The average molecular weight is 396 g/mol. The number of nitriles is 1. The number of carbonyl (C=O) groups excluding carboxylic acids is 1. The molecule has 4 rings (SSSR count). The summed E-state index contributed by atoms with van der Waals surface area (Å²) in [7, 11) is 1.89. The predicted octanol–water partition coefficient (Wildman–Crippen LogP) is 4.93. The molecule has 4 nitrogen and oxygen atoms in total. The second-order valence-corrected chi connectivity index (χ2v) is 8.86. The molecule has 0 radical (unpaired) electrons. The van der Waals surface area contributed by atoms with Crippen LogP contribution in [0, 0.1) is 11.3 Å². The van der Waals surface area contributed by atoms with Gasteiger partial charge in [-0.2, -0.15) is 5.26 Å². The number of nitrogens with zero attached hydrogens (tertiary/aromatic N) is 3. The first-order chi connectivity index (χ1) is 12.7. The number of thioether (sulfide) groups is 2. The van der Waals surface area contributed by atoms with Gasteiger partial charge in [0.05, 0.1) is 21.7 Å². The molecule has 128 valence electrons. The number of para-hydroxylation sites is 2. The lowest BCUT2D eigenvalue weighted by Crippen LogP contribution is -2.16. The van der Waals surface area contributed by atoms with Gasteiger partial charge in [-0.25, -0.2) is 4.98 Å². The van der Waals surface area contributed by atoms with Crippen LogP contribution in [0.15, 0.2) is 68.4 Å². The first-order valence-corrected chi connectivity index (χ1v) is 10.5. The maximum atomic E-state index is 12.7. The molecule has 1 aromatic heterocycles. The van der Waals surface area contributed by atoms with Crippen LogP contribution in [0.2, 0.25) is 0 Å². The number of benzene rings is 2. The number of allylic oxidation sites excluding steroid dienone is 1. The number of anilines is 1. The largest absolute Gasteiger partial charge is 0.337 e. The average Bonchev–Trinajstić information content (AvgIpc) is 3.22. The van der Waals surface area contributed by atoms with Gasteiger partial charge in [0.2, 0.25) is 0 Å². The number of ketones is 1. The summed E-state index contributed by atoms with van der Waals surface area (Å²) in [5, 5.41) is 10.3. The Kier molecular flexibility index (Phi) is 4.72. The van der Waals surface area contributed by atoms with Crippen molar-refractivity contribution in [3.63, 3.8) is 0 Å². The molecule has 0 N–H and O–H groups in total. The van der Waals surface area contributed by atoms with E-state index in [4.69, 9.17) is 0 Å². The minimum Gasteiger partial charge on any atom is -0.337 e. The summed E-state index contributed by atoms with van der Waals surface area (Å²) in [6.07, 6.45) is 0. The van der Waals surface area contributed by atoms with E-state index in [1.54, 1.807) is 11.3 Å². The van der Waals surface area contributed by atoms with Crippen LogP contribution in [0.25, 0.3) is 10.2 Å². The lowest BCUT2D eigenvalue weighted by Gasteiger charge is -2.14. The van der Waals surface area contributed by atoms with Crippen LogP contribution in [0.1, 0.15) is 0 Å². The summed E-state index contributed by atoms with van der Waals surface area (Å²) in [6, 6.07) is 17.9. The van der Waals surface area contributed by atoms with E-state index in [1.807, 2.05) is 60.5 Å². The first kappa shape index (κ1) is 17.2. The van der Waals surface area contributed by atoms with E-state index in [1.165, 1.54) is 23.5 Å². The van der Waals surface area contributed by atoms with Crippen molar-refractivity contribution in [1.82, 2.24) is 4.98 Å². The zero-order valence-corrected chi connectivity index (χ0v) is 16.3. The fourth-order valence-electron chi connectivity index (χ4n) is 2.66. The molecule has 0 spiro atoms. The SMILES string of the molecule is CN1C(=C(C#N)C(=O)CSc2nc3ccccc3s2)Sc2ccccc21. The van der Waals surface area contributed by atoms with Gasteiger partial charge < -0.3 is 4.90 Å². The lowest BCUT2D eigenvalue weighted by atomic mass is 10.2. The van der Waals surface area contributed by atoms with Gasteiger partial charge in [-0.05, 0) is 24.3 Å². The van der Waals surface area contributed by atoms with Gasteiger partial charge in [0, 0.05) is 11.9 Å². The molecule has 0 atom stereocenters. The van der Waals surface area contributed by atoms with Crippen molar-refractivity contribution in [2.45, 2.75) is 9.24 Å². The van der Waals surface area contributed by atoms with Gasteiger partial charge in [0.15, 0.2) is 10.1 Å². The van der Waals surface area contributed by atoms with Crippen molar-refractivity contribution in [2.75, 3.05) is 17.7 Å². The van der Waals surface area contributed by atoms with Crippen molar-refractivity contribution in [3.8, 4) is 6.07 Å². The summed E-state index contributed by atoms with van der Waals surface area (Å²) >= 11 is 4.42. The molecule has 0 fully saturated rings. The number of hydrogen-bond donors (Lipinski definition) is 0. The third kappa shape index (κ3) is 3.12. The second-order valence-electron chi connectivity index (χ2n) is 5.58. The highest BCUT2D eigenvalue weighted by Gasteiger charge is 2.27. The Morgan fingerprint density at radius 1 is 1.23 bits per heavy atom. The van der Waals surface area contributed by atoms with Crippen molar-refractivity contribution in [2.24, 2.45) is 0 Å². The van der Waals surface area contributed by atoms with Crippen LogP contribution in [0.3, 0.4) is 0 Å². The Morgan fingerprint density at radius 2 is 2.00 bits per heavy atom. The number of hydrogen-bond acceptors (Lipinski definition) is 7. The molecule has 0 unspecified atom stereocenters. The van der Waals surface area contributed by atoms with Crippen LogP contribution in [-0.4, -0.2) is 23.6 Å². The van der Waals surface area contributed by atoms with E-state index in [0.29, 0.717) is 5.03 Å². The number of fused-ring (bicyclic) bond motifs is 2. The monoisotopic (exact) mass is 395 g/mol. The number of thiazole rings is 1. The molecule has 7 heteroatoms. The standard InChI is InChI=1S/C19H13N3OS3/c1-22-14-7-3-5-9-17(14)25-18(22)12(10-20)15(23)11-24-19-21-13-6-2-4-8-16(13)26-19/h2-9H,11H2,1H3. The van der Waals surface area contributed by atoms with E-state index in [2.05, 4.69) is 11.1 Å². The van der Waals surface area contributed by atoms with E-state index < -0.39 is 0 Å². The predicted molar refractivity (Wildman–Crippen MR) is 109 cm³/mol. The number of rotatable bonds is 4. The van der Waals surface area contributed by atoms with Gasteiger partial charge >= 0.3 is 0 Å². The molecule has 2 aromatic carbocycles. The summed E-state index contributed by atoms with van der Waals surface area (Å²) in [5.41, 5.74) is 2.17. The van der Waals surface area contributed by atoms with Crippen LogP contribution in [-0.2, 0) is 4.79 Å².